The van der Waals surface area contributed by atoms with Crippen molar-refractivity contribution in [2.75, 3.05) is 6.61 Å². The van der Waals surface area contributed by atoms with Gasteiger partial charge in [-0.2, -0.15) is 0 Å². The summed E-state index contributed by atoms with van der Waals surface area (Å²) in [5.41, 5.74) is -0.226. The number of carboxylic acid groups (broad SMARTS) is 1. The van der Waals surface area contributed by atoms with Crippen LogP contribution in [0.3, 0.4) is 0 Å². The second-order valence-electron chi connectivity index (χ2n) is 5.84. The van der Waals surface area contributed by atoms with Gasteiger partial charge in [0.2, 0.25) is 5.91 Å². The average Bonchev–Trinajstić information content (AvgIpc) is 2.76. The van der Waals surface area contributed by atoms with E-state index in [1.807, 2.05) is 13.8 Å². The lowest BCUT2D eigenvalue weighted by atomic mass is 9.94. The van der Waals surface area contributed by atoms with Gasteiger partial charge in [0.1, 0.15) is 6.10 Å². The number of hydrogen-bond acceptors (Lipinski definition) is 4. The van der Waals surface area contributed by atoms with E-state index >= 15 is 0 Å². The minimum Gasteiger partial charge on any atom is -0.479 e. The zero-order valence-corrected chi connectivity index (χ0v) is 11.3. The predicted octanol–water partition coefficient (Wildman–Crippen LogP) is 0.692. The summed E-state index contributed by atoms with van der Waals surface area (Å²) in [6.07, 6.45) is 0.925. The Kier molecular flexibility index (Phi) is 4.10. The normalized spacial score (nSPS) is 33.9. The molecule has 0 aliphatic carbocycles. The maximum atomic E-state index is 12.0. The molecule has 2 fully saturated rings. The Hall–Kier alpha value is -1.14. The van der Waals surface area contributed by atoms with Crippen molar-refractivity contribution in [3.63, 3.8) is 0 Å². The summed E-state index contributed by atoms with van der Waals surface area (Å²) in [4.78, 5) is 22.8. The smallest absolute Gasteiger partial charge is 0.332 e. The quantitative estimate of drug-likeness (QED) is 0.789. The third kappa shape index (κ3) is 3.67. The molecule has 2 heterocycles. The molecule has 3 atom stereocenters. The lowest BCUT2D eigenvalue weighted by molar-refractivity contribution is -0.152. The van der Waals surface area contributed by atoms with Gasteiger partial charge in [-0.3, -0.25) is 4.79 Å². The van der Waals surface area contributed by atoms with Crippen molar-refractivity contribution in [2.45, 2.75) is 63.4 Å². The van der Waals surface area contributed by atoms with Crippen molar-refractivity contribution in [3.8, 4) is 0 Å². The van der Waals surface area contributed by atoms with E-state index in [0.29, 0.717) is 19.4 Å². The molecule has 2 aliphatic heterocycles. The van der Waals surface area contributed by atoms with Crippen LogP contribution >= 0.6 is 0 Å². The van der Waals surface area contributed by atoms with E-state index in [1.54, 1.807) is 0 Å². The van der Waals surface area contributed by atoms with Gasteiger partial charge in [-0.25, -0.2) is 4.79 Å². The van der Waals surface area contributed by atoms with E-state index in [-0.39, 0.29) is 17.6 Å². The number of nitrogens with one attached hydrogen (secondary N) is 1. The Morgan fingerprint density at radius 2 is 1.89 bits per heavy atom. The molecule has 2 N–H and O–H groups in total. The number of ether oxygens (including phenoxy) is 2. The number of rotatable bonds is 3. The molecule has 108 valence electrons. The van der Waals surface area contributed by atoms with Crippen molar-refractivity contribution in [2.24, 2.45) is 0 Å². The van der Waals surface area contributed by atoms with Crippen LogP contribution in [0.25, 0.3) is 0 Å². The fourth-order valence-electron chi connectivity index (χ4n) is 2.66. The molecule has 0 saturated carbocycles. The van der Waals surface area contributed by atoms with Gasteiger partial charge in [-0.1, -0.05) is 0 Å². The second-order valence-corrected chi connectivity index (χ2v) is 5.84. The van der Waals surface area contributed by atoms with Gasteiger partial charge >= 0.3 is 5.97 Å². The average molecular weight is 271 g/mol. The lowest BCUT2D eigenvalue weighted by Gasteiger charge is -2.36. The zero-order chi connectivity index (χ0) is 14.0. The molecule has 6 heteroatoms. The van der Waals surface area contributed by atoms with Crippen molar-refractivity contribution in [1.82, 2.24) is 5.32 Å². The van der Waals surface area contributed by atoms with Crippen molar-refractivity contribution < 1.29 is 24.2 Å². The number of carbonyl (C=O) groups is 2. The highest BCUT2D eigenvalue weighted by atomic mass is 16.5. The summed E-state index contributed by atoms with van der Waals surface area (Å²) in [5.74, 6) is -1.20. The van der Waals surface area contributed by atoms with Gasteiger partial charge in [0, 0.05) is 12.6 Å². The monoisotopic (exact) mass is 271 g/mol. The molecule has 2 saturated heterocycles. The van der Waals surface area contributed by atoms with Gasteiger partial charge in [0.05, 0.1) is 5.60 Å². The van der Waals surface area contributed by atoms with E-state index in [4.69, 9.17) is 14.6 Å². The van der Waals surface area contributed by atoms with Crippen LogP contribution in [-0.2, 0) is 19.1 Å². The summed E-state index contributed by atoms with van der Waals surface area (Å²) < 4.78 is 10.8. The molecule has 2 rings (SSSR count). The van der Waals surface area contributed by atoms with Gasteiger partial charge < -0.3 is 19.9 Å². The van der Waals surface area contributed by atoms with Crippen LogP contribution in [0.15, 0.2) is 0 Å². The fraction of sp³-hybridized carbons (Fsp3) is 0.846. The molecule has 6 nitrogen and oxygen atoms in total. The van der Waals surface area contributed by atoms with Crippen LogP contribution in [0.1, 0.15) is 39.5 Å². The Labute approximate surface area is 112 Å². The first kappa shape index (κ1) is 14.3. The summed E-state index contributed by atoms with van der Waals surface area (Å²) in [6, 6.07) is 0.0729. The first-order valence-corrected chi connectivity index (χ1v) is 6.70. The number of aliphatic carboxylic acids is 1. The molecule has 0 aromatic heterocycles. The molecule has 0 spiro atoms. The Bertz CT molecular complexity index is 368. The predicted molar refractivity (Wildman–Crippen MR) is 66.7 cm³/mol. The summed E-state index contributed by atoms with van der Waals surface area (Å²) in [6.45, 7) is 4.62. The number of carbonyl (C=O) groups excluding carboxylic acids is 1. The minimum atomic E-state index is -0.998. The third-order valence-corrected chi connectivity index (χ3v) is 3.63. The highest BCUT2D eigenvalue weighted by Gasteiger charge is 2.36. The van der Waals surface area contributed by atoms with E-state index in [1.165, 1.54) is 0 Å². The topological polar surface area (TPSA) is 84.9 Å². The largest absolute Gasteiger partial charge is 0.479 e. The van der Waals surface area contributed by atoms with Crippen LogP contribution in [0.4, 0.5) is 0 Å². The summed E-state index contributed by atoms with van der Waals surface area (Å²) in [7, 11) is 0. The van der Waals surface area contributed by atoms with Crippen LogP contribution in [-0.4, -0.2) is 47.4 Å². The van der Waals surface area contributed by atoms with Crippen LogP contribution in [0.2, 0.25) is 0 Å². The van der Waals surface area contributed by atoms with Crippen molar-refractivity contribution in [3.05, 3.63) is 0 Å². The van der Waals surface area contributed by atoms with Gasteiger partial charge in [0.25, 0.3) is 0 Å². The van der Waals surface area contributed by atoms with Gasteiger partial charge in [-0.05, 0) is 39.5 Å². The van der Waals surface area contributed by atoms with E-state index in [9.17, 15) is 9.59 Å². The molecule has 3 unspecified atom stereocenters. The molecular weight excluding hydrogens is 250 g/mol. The van der Waals surface area contributed by atoms with Crippen LogP contribution in [0.5, 0.6) is 0 Å². The summed E-state index contributed by atoms with van der Waals surface area (Å²) >= 11 is 0. The molecule has 0 bridgehead atoms. The first-order valence-electron chi connectivity index (χ1n) is 6.70. The Balaban J connectivity index is 1.83. The Morgan fingerprint density at radius 3 is 2.47 bits per heavy atom. The minimum absolute atomic E-state index is 0.0729. The standard InChI is InChI=1S/C13H21NO5/c1-13(2)7-8(5-6-18-13)14-11(15)9-3-4-10(19-9)12(16)17/h8-10H,3-7H2,1-2H3,(H,14,15)(H,16,17). The molecular formula is C13H21NO5. The summed E-state index contributed by atoms with van der Waals surface area (Å²) in [5, 5.41) is 11.8. The molecule has 2 aliphatic rings. The van der Waals surface area contributed by atoms with Crippen molar-refractivity contribution >= 4 is 11.9 Å². The highest BCUT2D eigenvalue weighted by molar-refractivity contribution is 5.82. The number of amides is 1. The van der Waals surface area contributed by atoms with E-state index in [2.05, 4.69) is 5.32 Å². The van der Waals surface area contributed by atoms with Crippen LogP contribution in [0, 0.1) is 0 Å². The van der Waals surface area contributed by atoms with Crippen molar-refractivity contribution in [1.29, 1.82) is 0 Å². The van der Waals surface area contributed by atoms with Gasteiger partial charge in [0.15, 0.2) is 6.10 Å². The van der Waals surface area contributed by atoms with Gasteiger partial charge in [-0.15, -0.1) is 0 Å². The zero-order valence-electron chi connectivity index (χ0n) is 11.3. The Morgan fingerprint density at radius 1 is 1.21 bits per heavy atom. The maximum Gasteiger partial charge on any atom is 0.332 e. The first-order chi connectivity index (χ1) is 8.87. The highest BCUT2D eigenvalue weighted by Crippen LogP contribution is 2.25. The molecule has 1 amide bonds. The molecule has 0 aromatic rings. The lowest BCUT2D eigenvalue weighted by Crippen LogP contribution is -2.48. The number of hydrogen-bond donors (Lipinski definition) is 2. The van der Waals surface area contributed by atoms with E-state index < -0.39 is 18.2 Å². The fourth-order valence-corrected chi connectivity index (χ4v) is 2.66. The van der Waals surface area contributed by atoms with Crippen LogP contribution < -0.4 is 5.32 Å². The molecule has 0 aromatic carbocycles. The molecule has 19 heavy (non-hydrogen) atoms. The molecule has 0 radical (unpaired) electrons. The second kappa shape index (κ2) is 5.46. The SMILES string of the molecule is CC1(C)CC(NC(=O)C2CCC(C(=O)O)O2)CCO1. The third-order valence-electron chi connectivity index (χ3n) is 3.63. The maximum absolute atomic E-state index is 12.0. The van der Waals surface area contributed by atoms with E-state index in [0.717, 1.165) is 12.8 Å². The number of carboxylic acids is 1.